The monoisotopic (exact) mass is 259 g/mol. The number of nitrogens with zero attached hydrogens (tertiary/aromatic N) is 6. The summed E-state index contributed by atoms with van der Waals surface area (Å²) in [5.41, 5.74) is 5.77. The Bertz CT molecular complexity index is 547. The Labute approximate surface area is 111 Å². The standard InChI is InChI=1S/C12H17N7/c1-2-18(8-9-4-5-9)11-15-10(13)16-12(17-11)19-7-3-6-14-19/h3,6-7,9H,2,4-5,8H2,1H3,(H2,13,15,16,17). The molecule has 7 nitrogen and oxygen atoms in total. The van der Waals surface area contributed by atoms with Crippen molar-refractivity contribution in [2.75, 3.05) is 23.7 Å². The minimum Gasteiger partial charge on any atom is -0.368 e. The molecule has 19 heavy (non-hydrogen) atoms. The summed E-state index contributed by atoms with van der Waals surface area (Å²) >= 11 is 0. The van der Waals surface area contributed by atoms with Crippen LogP contribution in [0.25, 0.3) is 5.95 Å². The fourth-order valence-electron chi connectivity index (χ4n) is 1.96. The highest BCUT2D eigenvalue weighted by molar-refractivity contribution is 5.37. The van der Waals surface area contributed by atoms with E-state index in [2.05, 4.69) is 31.9 Å². The van der Waals surface area contributed by atoms with Gasteiger partial charge in [0.25, 0.3) is 5.95 Å². The fraction of sp³-hybridized carbons (Fsp3) is 0.500. The van der Waals surface area contributed by atoms with Gasteiger partial charge in [-0.05, 0) is 31.7 Å². The van der Waals surface area contributed by atoms with Crippen LogP contribution in [0, 0.1) is 5.92 Å². The van der Waals surface area contributed by atoms with Gasteiger partial charge < -0.3 is 10.6 Å². The molecule has 1 aliphatic carbocycles. The van der Waals surface area contributed by atoms with E-state index in [1.165, 1.54) is 12.8 Å². The quantitative estimate of drug-likeness (QED) is 0.857. The van der Waals surface area contributed by atoms with Gasteiger partial charge in [0.15, 0.2) is 0 Å². The maximum absolute atomic E-state index is 5.77. The van der Waals surface area contributed by atoms with Crippen LogP contribution in [0.2, 0.25) is 0 Å². The predicted octanol–water partition coefficient (Wildman–Crippen LogP) is 0.876. The Hall–Kier alpha value is -2.18. The SMILES string of the molecule is CCN(CC1CC1)c1nc(N)nc(-n2cccn2)n1. The number of hydrogen-bond donors (Lipinski definition) is 1. The van der Waals surface area contributed by atoms with E-state index in [0.717, 1.165) is 19.0 Å². The number of hydrogen-bond acceptors (Lipinski definition) is 6. The molecule has 1 aliphatic rings. The molecule has 0 bridgehead atoms. The molecule has 2 N–H and O–H groups in total. The summed E-state index contributed by atoms with van der Waals surface area (Å²) in [5, 5.41) is 4.12. The van der Waals surface area contributed by atoms with Crippen molar-refractivity contribution in [1.29, 1.82) is 0 Å². The average molecular weight is 259 g/mol. The van der Waals surface area contributed by atoms with Crippen molar-refractivity contribution in [2.45, 2.75) is 19.8 Å². The van der Waals surface area contributed by atoms with Crippen molar-refractivity contribution in [1.82, 2.24) is 24.7 Å². The summed E-state index contributed by atoms with van der Waals surface area (Å²) in [6.45, 7) is 3.94. The lowest BCUT2D eigenvalue weighted by atomic mass is 10.4. The Morgan fingerprint density at radius 3 is 2.84 bits per heavy atom. The molecule has 2 aromatic rings. The largest absolute Gasteiger partial charge is 0.368 e. The molecular formula is C12H17N7. The molecule has 1 fully saturated rings. The third-order valence-corrected chi connectivity index (χ3v) is 3.18. The molecule has 0 aliphatic heterocycles. The number of anilines is 2. The van der Waals surface area contributed by atoms with E-state index in [-0.39, 0.29) is 5.95 Å². The van der Waals surface area contributed by atoms with E-state index in [1.54, 1.807) is 17.1 Å². The number of nitrogen functional groups attached to an aromatic ring is 1. The van der Waals surface area contributed by atoms with Crippen molar-refractivity contribution >= 4 is 11.9 Å². The molecular weight excluding hydrogens is 242 g/mol. The van der Waals surface area contributed by atoms with E-state index in [4.69, 9.17) is 5.73 Å². The first-order valence-corrected chi connectivity index (χ1v) is 6.52. The summed E-state index contributed by atoms with van der Waals surface area (Å²) in [5.74, 6) is 2.09. The molecule has 0 unspecified atom stereocenters. The molecule has 2 heterocycles. The van der Waals surface area contributed by atoms with Gasteiger partial charge in [-0.25, -0.2) is 4.68 Å². The highest BCUT2D eigenvalue weighted by Gasteiger charge is 2.25. The van der Waals surface area contributed by atoms with Crippen LogP contribution in [0.3, 0.4) is 0 Å². The van der Waals surface area contributed by atoms with Gasteiger partial charge >= 0.3 is 0 Å². The van der Waals surface area contributed by atoms with E-state index in [9.17, 15) is 0 Å². The molecule has 1 saturated carbocycles. The number of aromatic nitrogens is 5. The van der Waals surface area contributed by atoms with Crippen LogP contribution in [0.1, 0.15) is 19.8 Å². The van der Waals surface area contributed by atoms with Gasteiger partial charge in [0.05, 0.1) is 0 Å². The number of nitrogens with two attached hydrogens (primary N) is 1. The van der Waals surface area contributed by atoms with Crippen LogP contribution < -0.4 is 10.6 Å². The first kappa shape index (κ1) is 11.9. The summed E-state index contributed by atoms with van der Waals surface area (Å²) in [4.78, 5) is 14.9. The van der Waals surface area contributed by atoms with E-state index >= 15 is 0 Å². The van der Waals surface area contributed by atoms with E-state index in [0.29, 0.717) is 11.9 Å². The van der Waals surface area contributed by atoms with Gasteiger partial charge in [-0.3, -0.25) is 0 Å². The molecule has 0 aromatic carbocycles. The number of rotatable bonds is 5. The molecule has 100 valence electrons. The lowest BCUT2D eigenvalue weighted by Gasteiger charge is -2.20. The first-order chi connectivity index (χ1) is 9.26. The van der Waals surface area contributed by atoms with Crippen molar-refractivity contribution in [3.8, 4) is 5.95 Å². The fourth-order valence-corrected chi connectivity index (χ4v) is 1.96. The van der Waals surface area contributed by atoms with Gasteiger partial charge in [-0.1, -0.05) is 0 Å². The molecule has 0 atom stereocenters. The second-order valence-corrected chi connectivity index (χ2v) is 4.73. The van der Waals surface area contributed by atoms with Crippen LogP contribution in [-0.2, 0) is 0 Å². The highest BCUT2D eigenvalue weighted by atomic mass is 15.4. The molecule has 0 radical (unpaired) electrons. The smallest absolute Gasteiger partial charge is 0.257 e. The topological polar surface area (TPSA) is 85.8 Å². The van der Waals surface area contributed by atoms with Crippen LogP contribution in [-0.4, -0.2) is 37.8 Å². The third-order valence-electron chi connectivity index (χ3n) is 3.18. The molecule has 7 heteroatoms. The van der Waals surface area contributed by atoms with Crippen LogP contribution in [0.5, 0.6) is 0 Å². The first-order valence-electron chi connectivity index (χ1n) is 6.52. The zero-order valence-electron chi connectivity index (χ0n) is 10.9. The molecule has 0 amide bonds. The van der Waals surface area contributed by atoms with Gasteiger partial charge in [-0.2, -0.15) is 20.1 Å². The van der Waals surface area contributed by atoms with Crippen LogP contribution >= 0.6 is 0 Å². The summed E-state index contributed by atoms with van der Waals surface area (Å²) < 4.78 is 1.59. The average Bonchev–Trinajstić information content (AvgIpc) is 3.05. The molecule has 3 rings (SSSR count). The minimum atomic E-state index is 0.227. The summed E-state index contributed by atoms with van der Waals surface area (Å²) in [7, 11) is 0. The normalized spacial score (nSPS) is 14.6. The van der Waals surface area contributed by atoms with Crippen molar-refractivity contribution in [2.24, 2.45) is 5.92 Å². The predicted molar refractivity (Wildman–Crippen MR) is 72.0 cm³/mol. The minimum absolute atomic E-state index is 0.227. The lowest BCUT2D eigenvalue weighted by Crippen LogP contribution is -2.28. The summed E-state index contributed by atoms with van der Waals surface area (Å²) in [6, 6.07) is 1.82. The molecule has 0 spiro atoms. The van der Waals surface area contributed by atoms with Crippen LogP contribution in [0.4, 0.5) is 11.9 Å². The van der Waals surface area contributed by atoms with E-state index in [1.807, 2.05) is 6.07 Å². The van der Waals surface area contributed by atoms with Gasteiger partial charge in [0, 0.05) is 25.5 Å². The van der Waals surface area contributed by atoms with Crippen molar-refractivity contribution in [3.63, 3.8) is 0 Å². The maximum atomic E-state index is 5.77. The van der Waals surface area contributed by atoms with Gasteiger partial charge in [0.1, 0.15) is 0 Å². The second-order valence-electron chi connectivity index (χ2n) is 4.73. The second kappa shape index (κ2) is 4.83. The molecule has 0 saturated heterocycles. The lowest BCUT2D eigenvalue weighted by molar-refractivity contribution is 0.706. The Morgan fingerprint density at radius 1 is 1.37 bits per heavy atom. The Kier molecular flexibility index (Phi) is 3.02. The Morgan fingerprint density at radius 2 is 2.21 bits per heavy atom. The van der Waals surface area contributed by atoms with Crippen molar-refractivity contribution < 1.29 is 0 Å². The Balaban J connectivity index is 1.91. The van der Waals surface area contributed by atoms with Gasteiger partial charge in [-0.15, -0.1) is 0 Å². The summed E-state index contributed by atoms with van der Waals surface area (Å²) in [6.07, 6.45) is 6.06. The van der Waals surface area contributed by atoms with Crippen LogP contribution in [0.15, 0.2) is 18.5 Å². The maximum Gasteiger partial charge on any atom is 0.257 e. The van der Waals surface area contributed by atoms with E-state index < -0.39 is 0 Å². The van der Waals surface area contributed by atoms with Crippen molar-refractivity contribution in [3.05, 3.63) is 18.5 Å². The zero-order valence-corrected chi connectivity index (χ0v) is 10.9. The highest BCUT2D eigenvalue weighted by Crippen LogP contribution is 2.30. The molecule has 2 aromatic heterocycles. The zero-order chi connectivity index (χ0) is 13.2. The van der Waals surface area contributed by atoms with Gasteiger partial charge in [0.2, 0.25) is 11.9 Å². The third kappa shape index (κ3) is 2.64.